The highest BCUT2D eigenvalue weighted by Gasteiger charge is 2.18. The predicted molar refractivity (Wildman–Crippen MR) is 121 cm³/mol. The van der Waals surface area contributed by atoms with Crippen LogP contribution in [0.25, 0.3) is 17.0 Å². The van der Waals surface area contributed by atoms with Crippen molar-refractivity contribution in [3.05, 3.63) is 60.0 Å². The molecule has 2 N–H and O–H groups in total. The molecule has 0 radical (unpaired) electrons. The minimum atomic E-state index is -0.469. The molecule has 0 saturated heterocycles. The molecule has 0 saturated carbocycles. The van der Waals surface area contributed by atoms with Crippen molar-refractivity contribution >= 4 is 29.0 Å². The smallest absolute Gasteiger partial charge is 0.293 e. The van der Waals surface area contributed by atoms with Crippen LogP contribution in [-0.2, 0) is 0 Å². The zero-order valence-corrected chi connectivity index (χ0v) is 18.3. The van der Waals surface area contributed by atoms with E-state index in [4.69, 9.17) is 4.42 Å². The minimum Gasteiger partial charge on any atom is -0.436 e. The number of amides is 1. The summed E-state index contributed by atoms with van der Waals surface area (Å²) in [5, 5.41) is 5.94. The highest BCUT2D eigenvalue weighted by molar-refractivity contribution is 6.03. The van der Waals surface area contributed by atoms with Gasteiger partial charge in [0.2, 0.25) is 11.5 Å². The van der Waals surface area contributed by atoms with E-state index < -0.39 is 11.7 Å². The molecule has 0 atom stereocenters. The number of nitrogens with one attached hydrogen (secondary N) is 2. The Hall–Kier alpha value is -4.28. The van der Waals surface area contributed by atoms with E-state index in [0.717, 1.165) is 24.7 Å². The van der Waals surface area contributed by atoms with Crippen LogP contribution in [0, 0.1) is 19.7 Å². The van der Waals surface area contributed by atoms with Crippen molar-refractivity contribution in [3.8, 4) is 11.3 Å². The van der Waals surface area contributed by atoms with Crippen molar-refractivity contribution in [2.75, 3.05) is 30.8 Å². The van der Waals surface area contributed by atoms with Crippen molar-refractivity contribution in [1.82, 2.24) is 24.3 Å². The van der Waals surface area contributed by atoms with Gasteiger partial charge in [0.1, 0.15) is 5.82 Å². The number of oxazole rings is 1. The molecule has 4 heterocycles. The standard InChI is InChI=1S/C22H21FN8O2/c1-12-19(33-13(2)26-12)20(32)27-14-4-5-17(23)16(8-14)18-11-31-10-15(9-25-22(31)29-18)28-21-24-6-7-30(21)3/h4-5,8-11H,6-7H2,1-3H3,(H,24,28)(H,27,32). The van der Waals surface area contributed by atoms with Crippen molar-refractivity contribution in [3.63, 3.8) is 0 Å². The Morgan fingerprint density at radius 2 is 2.03 bits per heavy atom. The highest BCUT2D eigenvalue weighted by Crippen LogP contribution is 2.26. The average Bonchev–Trinajstić information content (AvgIpc) is 3.47. The van der Waals surface area contributed by atoms with Gasteiger partial charge in [0.15, 0.2) is 11.9 Å². The molecule has 168 valence electrons. The topological polar surface area (TPSA) is 113 Å². The fourth-order valence-corrected chi connectivity index (χ4v) is 3.60. The first kappa shape index (κ1) is 20.6. The number of imidazole rings is 1. The molecule has 1 aliphatic heterocycles. The molecule has 4 aromatic rings. The van der Waals surface area contributed by atoms with Crippen LogP contribution in [0.1, 0.15) is 22.1 Å². The van der Waals surface area contributed by atoms with Gasteiger partial charge in [-0.15, -0.1) is 0 Å². The molecule has 11 heteroatoms. The molecule has 5 rings (SSSR count). The number of hydrogen-bond acceptors (Lipinski definition) is 8. The van der Waals surface area contributed by atoms with Crippen molar-refractivity contribution < 1.29 is 13.6 Å². The Morgan fingerprint density at radius 3 is 2.76 bits per heavy atom. The lowest BCUT2D eigenvalue weighted by atomic mass is 10.1. The molecule has 1 amide bonds. The number of guanidine groups is 1. The van der Waals surface area contributed by atoms with Crippen LogP contribution in [0.5, 0.6) is 0 Å². The molecular weight excluding hydrogens is 427 g/mol. The SMILES string of the molecule is Cc1nc(C)c(C(=O)Nc2ccc(F)c(-c3cn4cc(NC5=NCCN5C)cnc4n3)c2)o1. The maximum Gasteiger partial charge on any atom is 0.293 e. The summed E-state index contributed by atoms with van der Waals surface area (Å²) in [6.45, 7) is 4.95. The van der Waals surface area contributed by atoms with E-state index in [-0.39, 0.29) is 11.3 Å². The third-order valence-electron chi connectivity index (χ3n) is 5.23. The molecule has 0 aliphatic carbocycles. The van der Waals surface area contributed by atoms with Crippen LogP contribution in [0.3, 0.4) is 0 Å². The second-order valence-electron chi connectivity index (χ2n) is 7.72. The van der Waals surface area contributed by atoms with E-state index >= 15 is 0 Å². The molecule has 0 spiro atoms. The molecule has 0 bridgehead atoms. The lowest BCUT2D eigenvalue weighted by Crippen LogP contribution is -2.29. The van der Waals surface area contributed by atoms with Crippen LogP contribution in [-0.4, -0.2) is 56.3 Å². The summed E-state index contributed by atoms with van der Waals surface area (Å²) in [7, 11) is 1.96. The largest absolute Gasteiger partial charge is 0.436 e. The summed E-state index contributed by atoms with van der Waals surface area (Å²) in [5.41, 5.74) is 2.24. The van der Waals surface area contributed by atoms with Gasteiger partial charge in [-0.2, -0.15) is 0 Å². The Labute approximate surface area is 188 Å². The van der Waals surface area contributed by atoms with Crippen molar-refractivity contribution in [2.45, 2.75) is 13.8 Å². The van der Waals surface area contributed by atoms with Gasteiger partial charge in [-0.05, 0) is 25.1 Å². The first-order valence-corrected chi connectivity index (χ1v) is 10.3. The average molecular weight is 448 g/mol. The van der Waals surface area contributed by atoms with Gasteiger partial charge in [0.05, 0.1) is 29.8 Å². The van der Waals surface area contributed by atoms with Crippen LogP contribution < -0.4 is 10.6 Å². The van der Waals surface area contributed by atoms with Crippen LogP contribution in [0.15, 0.2) is 46.2 Å². The summed E-state index contributed by atoms with van der Waals surface area (Å²) in [6.07, 6.45) is 5.14. The number of nitrogens with zero attached hydrogens (tertiary/aromatic N) is 6. The van der Waals surface area contributed by atoms with E-state index in [1.807, 2.05) is 18.1 Å². The Morgan fingerprint density at radius 1 is 1.18 bits per heavy atom. The monoisotopic (exact) mass is 448 g/mol. The first-order valence-electron chi connectivity index (χ1n) is 10.3. The maximum absolute atomic E-state index is 14.7. The second-order valence-corrected chi connectivity index (χ2v) is 7.72. The number of aromatic nitrogens is 4. The minimum absolute atomic E-state index is 0.118. The lowest BCUT2D eigenvalue weighted by Gasteiger charge is -2.14. The Kier molecular flexibility index (Phi) is 5.00. The molecule has 10 nitrogen and oxygen atoms in total. The van der Waals surface area contributed by atoms with Crippen LogP contribution >= 0.6 is 0 Å². The number of rotatable bonds is 4. The summed E-state index contributed by atoms with van der Waals surface area (Å²) in [6, 6.07) is 4.28. The molecular formula is C22H21FN8O2. The molecule has 0 unspecified atom stereocenters. The summed E-state index contributed by atoms with van der Waals surface area (Å²) >= 11 is 0. The van der Waals surface area contributed by atoms with E-state index in [2.05, 4.69) is 30.6 Å². The van der Waals surface area contributed by atoms with Crippen LogP contribution in [0.4, 0.5) is 15.8 Å². The molecule has 0 fully saturated rings. The maximum atomic E-state index is 14.7. The number of benzene rings is 1. The highest BCUT2D eigenvalue weighted by atomic mass is 19.1. The van der Waals surface area contributed by atoms with Gasteiger partial charge in [-0.25, -0.2) is 19.3 Å². The Bertz CT molecular complexity index is 1410. The van der Waals surface area contributed by atoms with Crippen LogP contribution in [0.2, 0.25) is 0 Å². The summed E-state index contributed by atoms with van der Waals surface area (Å²) in [4.78, 5) is 31.8. The van der Waals surface area contributed by atoms with Gasteiger partial charge in [-0.1, -0.05) is 0 Å². The Balaban J connectivity index is 1.41. The fourth-order valence-electron chi connectivity index (χ4n) is 3.60. The zero-order valence-electron chi connectivity index (χ0n) is 18.3. The van der Waals surface area contributed by atoms with Gasteiger partial charge in [-0.3, -0.25) is 14.2 Å². The summed E-state index contributed by atoms with van der Waals surface area (Å²) < 4.78 is 21.7. The van der Waals surface area contributed by atoms with Gasteiger partial charge >= 0.3 is 0 Å². The number of carbonyl (C=O) groups excluding carboxylic acids is 1. The first-order chi connectivity index (χ1) is 15.9. The number of hydrogen-bond donors (Lipinski definition) is 2. The van der Waals surface area contributed by atoms with Gasteiger partial charge < -0.3 is 20.0 Å². The summed E-state index contributed by atoms with van der Waals surface area (Å²) in [5.74, 6) is 0.770. The lowest BCUT2D eigenvalue weighted by molar-refractivity contribution is 0.0994. The number of aryl methyl sites for hydroxylation is 2. The van der Waals surface area contributed by atoms with Gasteiger partial charge in [0.25, 0.3) is 5.91 Å². The van der Waals surface area contributed by atoms with E-state index in [1.54, 1.807) is 30.6 Å². The molecule has 1 aliphatic rings. The number of carbonyl (C=O) groups is 1. The van der Waals surface area contributed by atoms with Crippen molar-refractivity contribution in [1.29, 1.82) is 0 Å². The van der Waals surface area contributed by atoms with Crippen molar-refractivity contribution in [2.24, 2.45) is 4.99 Å². The van der Waals surface area contributed by atoms with Gasteiger partial charge in [0, 0.05) is 44.2 Å². The number of aliphatic imine (C=N–C) groups is 1. The predicted octanol–water partition coefficient (Wildman–Crippen LogP) is 3.11. The van der Waals surface area contributed by atoms with E-state index in [9.17, 15) is 9.18 Å². The molecule has 1 aromatic carbocycles. The molecule has 33 heavy (non-hydrogen) atoms. The zero-order chi connectivity index (χ0) is 23.1. The normalized spacial score (nSPS) is 13.5. The van der Waals surface area contributed by atoms with E-state index in [1.165, 1.54) is 18.2 Å². The fraction of sp³-hybridized carbons (Fsp3) is 0.227. The number of anilines is 2. The third kappa shape index (κ3) is 4.00. The third-order valence-corrected chi connectivity index (χ3v) is 5.23. The molecule has 3 aromatic heterocycles. The quantitative estimate of drug-likeness (QED) is 0.493. The second kappa shape index (κ2) is 8.01. The number of likely N-dealkylation sites (N-methyl/N-ethyl adjacent to an activating group) is 1. The number of fused-ring (bicyclic) bond motifs is 1. The van der Waals surface area contributed by atoms with E-state index in [0.29, 0.717) is 28.7 Å². The number of halogens is 1.